The minimum atomic E-state index is -1.20. The van der Waals surface area contributed by atoms with E-state index < -0.39 is 5.67 Å². The molecule has 14 heavy (non-hydrogen) atoms. The van der Waals surface area contributed by atoms with Gasteiger partial charge in [-0.2, -0.15) is 0 Å². The molecule has 1 N–H and O–H groups in total. The van der Waals surface area contributed by atoms with Crippen molar-refractivity contribution in [1.29, 1.82) is 0 Å². The van der Waals surface area contributed by atoms with E-state index in [1.165, 1.54) is 26.0 Å². The van der Waals surface area contributed by atoms with Gasteiger partial charge < -0.3 is 9.84 Å². The van der Waals surface area contributed by atoms with Crippen LogP contribution < -0.4 is 4.74 Å². The van der Waals surface area contributed by atoms with Gasteiger partial charge >= 0.3 is 0 Å². The maximum atomic E-state index is 13.0. The Morgan fingerprint density at radius 3 is 2.36 bits per heavy atom. The van der Waals surface area contributed by atoms with Crippen molar-refractivity contribution in [2.45, 2.75) is 25.9 Å². The van der Waals surface area contributed by atoms with Crippen LogP contribution in [0.4, 0.5) is 4.39 Å². The Balaban J connectivity index is 2.35. The highest BCUT2D eigenvalue weighted by Crippen LogP contribution is 2.18. The van der Waals surface area contributed by atoms with E-state index in [1.54, 1.807) is 12.1 Å². The molecule has 0 saturated heterocycles. The third-order valence-electron chi connectivity index (χ3n) is 1.80. The normalized spacial score (nSPS) is 11.4. The van der Waals surface area contributed by atoms with Gasteiger partial charge in [0.05, 0.1) is 6.61 Å². The molecule has 0 unspecified atom stereocenters. The third kappa shape index (κ3) is 4.12. The topological polar surface area (TPSA) is 29.5 Å². The first-order valence-electron chi connectivity index (χ1n) is 4.58. The summed E-state index contributed by atoms with van der Waals surface area (Å²) >= 11 is 0. The summed E-state index contributed by atoms with van der Waals surface area (Å²) in [7, 11) is 0. The van der Waals surface area contributed by atoms with Gasteiger partial charge in [-0.05, 0) is 38.1 Å². The number of hydrogen-bond donors (Lipinski definition) is 1. The van der Waals surface area contributed by atoms with E-state index in [9.17, 15) is 4.39 Å². The van der Waals surface area contributed by atoms with Crippen LogP contribution in [0.3, 0.4) is 0 Å². The van der Waals surface area contributed by atoms with E-state index in [2.05, 4.69) is 0 Å². The van der Waals surface area contributed by atoms with Crippen molar-refractivity contribution < 1.29 is 14.2 Å². The minimum Gasteiger partial charge on any atom is -0.508 e. The third-order valence-corrected chi connectivity index (χ3v) is 1.80. The van der Waals surface area contributed by atoms with Crippen molar-refractivity contribution in [2.24, 2.45) is 0 Å². The molecule has 0 radical (unpaired) electrons. The quantitative estimate of drug-likeness (QED) is 0.806. The molecule has 0 saturated carbocycles. The molecule has 0 fully saturated rings. The average molecular weight is 198 g/mol. The zero-order valence-corrected chi connectivity index (χ0v) is 8.46. The molecule has 0 aliphatic rings. The molecule has 0 aromatic heterocycles. The lowest BCUT2D eigenvalue weighted by Crippen LogP contribution is -2.16. The molecule has 3 heteroatoms. The standard InChI is InChI=1S/C11H15FO2/c1-11(2,12)7-8-14-10-5-3-9(13)4-6-10/h3-6,13H,7-8H2,1-2H3. The molecule has 2 nitrogen and oxygen atoms in total. The molecule has 0 spiro atoms. The minimum absolute atomic E-state index is 0.197. The van der Waals surface area contributed by atoms with E-state index in [0.29, 0.717) is 18.8 Å². The number of alkyl halides is 1. The first-order valence-corrected chi connectivity index (χ1v) is 4.58. The van der Waals surface area contributed by atoms with Crippen LogP contribution in [-0.4, -0.2) is 17.4 Å². The lowest BCUT2D eigenvalue weighted by molar-refractivity contribution is 0.161. The van der Waals surface area contributed by atoms with Gasteiger partial charge in [0.1, 0.15) is 17.2 Å². The van der Waals surface area contributed by atoms with Crippen LogP contribution in [0.2, 0.25) is 0 Å². The van der Waals surface area contributed by atoms with Crippen LogP contribution in [-0.2, 0) is 0 Å². The largest absolute Gasteiger partial charge is 0.508 e. The van der Waals surface area contributed by atoms with E-state index in [-0.39, 0.29) is 5.75 Å². The molecule has 1 aromatic rings. The summed E-state index contributed by atoms with van der Waals surface area (Å²) in [5, 5.41) is 9.00. The summed E-state index contributed by atoms with van der Waals surface area (Å²) in [6.07, 6.45) is 0.355. The smallest absolute Gasteiger partial charge is 0.119 e. The number of phenolic OH excluding ortho intramolecular Hbond substituents is 1. The van der Waals surface area contributed by atoms with E-state index >= 15 is 0 Å². The highest BCUT2D eigenvalue weighted by atomic mass is 19.1. The zero-order chi connectivity index (χ0) is 10.6. The van der Waals surface area contributed by atoms with Crippen molar-refractivity contribution in [2.75, 3.05) is 6.61 Å². The van der Waals surface area contributed by atoms with Crippen molar-refractivity contribution in [3.8, 4) is 11.5 Å². The molecular weight excluding hydrogens is 183 g/mol. The second-order valence-corrected chi connectivity index (χ2v) is 3.81. The van der Waals surface area contributed by atoms with Crippen LogP contribution in [0.5, 0.6) is 11.5 Å². The summed E-state index contributed by atoms with van der Waals surface area (Å²) in [5.41, 5.74) is -1.20. The van der Waals surface area contributed by atoms with Crippen molar-refractivity contribution in [3.63, 3.8) is 0 Å². The van der Waals surface area contributed by atoms with Crippen molar-refractivity contribution >= 4 is 0 Å². The van der Waals surface area contributed by atoms with Gasteiger partial charge in [-0.25, -0.2) is 4.39 Å². The lowest BCUT2D eigenvalue weighted by Gasteiger charge is -2.14. The van der Waals surface area contributed by atoms with Crippen LogP contribution in [0, 0.1) is 0 Å². The average Bonchev–Trinajstić information content (AvgIpc) is 2.06. The number of hydrogen-bond acceptors (Lipinski definition) is 2. The van der Waals surface area contributed by atoms with Crippen LogP contribution >= 0.6 is 0 Å². The van der Waals surface area contributed by atoms with Gasteiger partial charge in [-0.3, -0.25) is 0 Å². The summed E-state index contributed by atoms with van der Waals surface area (Å²) in [4.78, 5) is 0. The van der Waals surface area contributed by atoms with Gasteiger partial charge in [0.25, 0.3) is 0 Å². The van der Waals surface area contributed by atoms with E-state index in [4.69, 9.17) is 9.84 Å². The maximum absolute atomic E-state index is 13.0. The van der Waals surface area contributed by atoms with Crippen molar-refractivity contribution in [3.05, 3.63) is 24.3 Å². The number of halogens is 1. The summed E-state index contributed by atoms with van der Waals surface area (Å²) in [6.45, 7) is 3.38. The molecule has 0 atom stereocenters. The maximum Gasteiger partial charge on any atom is 0.119 e. The molecule has 0 heterocycles. The predicted molar refractivity (Wildman–Crippen MR) is 53.4 cm³/mol. The fraction of sp³-hybridized carbons (Fsp3) is 0.455. The van der Waals surface area contributed by atoms with Gasteiger partial charge in [-0.15, -0.1) is 0 Å². The molecular formula is C11H15FO2. The van der Waals surface area contributed by atoms with Gasteiger partial charge in [0.15, 0.2) is 0 Å². The molecule has 0 amide bonds. The Morgan fingerprint density at radius 1 is 1.29 bits per heavy atom. The monoisotopic (exact) mass is 198 g/mol. The highest BCUT2D eigenvalue weighted by molar-refractivity contribution is 5.29. The number of aromatic hydroxyl groups is 1. The Labute approximate surface area is 83.3 Å². The van der Waals surface area contributed by atoms with Gasteiger partial charge in [0.2, 0.25) is 0 Å². The Bertz CT molecular complexity index is 274. The van der Waals surface area contributed by atoms with Crippen molar-refractivity contribution in [1.82, 2.24) is 0 Å². The summed E-state index contributed by atoms with van der Waals surface area (Å²) < 4.78 is 18.3. The van der Waals surface area contributed by atoms with E-state index in [1.807, 2.05) is 0 Å². The number of ether oxygens (including phenoxy) is 1. The van der Waals surface area contributed by atoms with Gasteiger partial charge in [0, 0.05) is 6.42 Å². The molecule has 0 aliphatic heterocycles. The molecule has 0 bridgehead atoms. The molecule has 0 aliphatic carbocycles. The first kappa shape index (κ1) is 10.8. The Morgan fingerprint density at radius 2 is 1.86 bits per heavy atom. The fourth-order valence-electron chi connectivity index (χ4n) is 0.954. The number of rotatable bonds is 4. The lowest BCUT2D eigenvalue weighted by atomic mass is 10.1. The molecule has 1 rings (SSSR count). The molecule has 1 aromatic carbocycles. The Kier molecular flexibility index (Phi) is 3.33. The van der Waals surface area contributed by atoms with Crippen LogP contribution in [0.25, 0.3) is 0 Å². The fourth-order valence-corrected chi connectivity index (χ4v) is 0.954. The first-order chi connectivity index (χ1) is 6.47. The molecule has 78 valence electrons. The van der Waals surface area contributed by atoms with Crippen LogP contribution in [0.15, 0.2) is 24.3 Å². The second-order valence-electron chi connectivity index (χ2n) is 3.81. The number of phenols is 1. The Hall–Kier alpha value is -1.25. The summed E-state index contributed by atoms with van der Waals surface area (Å²) in [5.74, 6) is 0.843. The van der Waals surface area contributed by atoms with E-state index in [0.717, 1.165) is 0 Å². The zero-order valence-electron chi connectivity index (χ0n) is 8.46. The highest BCUT2D eigenvalue weighted by Gasteiger charge is 2.14. The van der Waals surface area contributed by atoms with Gasteiger partial charge in [-0.1, -0.05) is 0 Å². The number of benzene rings is 1. The summed E-state index contributed by atoms with van der Waals surface area (Å²) in [6, 6.07) is 6.38. The second kappa shape index (κ2) is 4.31. The SMILES string of the molecule is CC(C)(F)CCOc1ccc(O)cc1. The van der Waals surface area contributed by atoms with Crippen LogP contribution in [0.1, 0.15) is 20.3 Å². The predicted octanol–water partition coefficient (Wildman–Crippen LogP) is 2.91.